The molecule has 0 bridgehead atoms. The zero-order valence-corrected chi connectivity index (χ0v) is 29.0. The summed E-state index contributed by atoms with van der Waals surface area (Å²) in [5.41, 5.74) is 2.84. The molecule has 0 aromatic heterocycles. The Hall–Kier alpha value is -1.51. The van der Waals surface area contributed by atoms with Crippen molar-refractivity contribution in [2.24, 2.45) is 27.3 Å². The standard InChI is InChI=1S/C33H53FN2O3SSi/c1-21(2)41(22(3)4,23(5)6)39-29-17-19-32(10)27(31(29,8)9)16-18-33(11)28(32)20-26(30(33)34)35-36-40(37,38)25-14-12-24(7)13-15-25/h12-15,20-23,27,29-30,36H,16-19H2,1-11H3/b35-26+/t27-,29-,30+,32-,33-/m0/s1. The average molecular weight is 605 g/mol. The van der Waals surface area contributed by atoms with Crippen molar-refractivity contribution in [2.45, 2.75) is 136 Å². The molecule has 0 spiro atoms. The number of nitrogens with one attached hydrogen (secondary N) is 1. The molecule has 1 aromatic carbocycles. The summed E-state index contributed by atoms with van der Waals surface area (Å²) >= 11 is 0. The molecule has 230 valence electrons. The normalized spacial score (nSPS) is 32.8. The van der Waals surface area contributed by atoms with E-state index in [2.05, 4.69) is 72.2 Å². The van der Waals surface area contributed by atoms with Gasteiger partial charge in [0.05, 0.1) is 16.7 Å². The predicted octanol–water partition coefficient (Wildman–Crippen LogP) is 8.71. The van der Waals surface area contributed by atoms with Gasteiger partial charge in [0.15, 0.2) is 6.17 Å². The van der Waals surface area contributed by atoms with E-state index < -0.39 is 29.9 Å². The number of fused-ring (bicyclic) bond motifs is 3. The highest BCUT2D eigenvalue weighted by atomic mass is 32.2. The summed E-state index contributed by atoms with van der Waals surface area (Å²) in [6.07, 6.45) is 4.19. The summed E-state index contributed by atoms with van der Waals surface area (Å²) in [5.74, 6) is 0.335. The molecule has 0 aliphatic heterocycles. The SMILES string of the molecule is Cc1ccc(S(=O)(=O)N/N=C2\C=C3[C@](C)(CC[C@H]4C(C)(C)[C@@H](O[Si](C(C)C)(C(C)C)C(C)C)CC[C@]34C)[C@@H]2F)cc1. The maximum absolute atomic E-state index is 16.2. The second kappa shape index (κ2) is 10.9. The largest absolute Gasteiger partial charge is 0.413 e. The molecule has 0 saturated heterocycles. The van der Waals surface area contributed by atoms with E-state index in [1.807, 2.05) is 19.9 Å². The smallest absolute Gasteiger partial charge is 0.276 e. The summed E-state index contributed by atoms with van der Waals surface area (Å²) in [7, 11) is -5.96. The van der Waals surface area contributed by atoms with E-state index in [9.17, 15) is 8.42 Å². The number of hydrogen-bond acceptors (Lipinski definition) is 4. The molecular formula is C33H53FN2O3SSi. The molecule has 41 heavy (non-hydrogen) atoms. The van der Waals surface area contributed by atoms with Crippen LogP contribution in [-0.2, 0) is 14.4 Å². The Morgan fingerprint density at radius 3 is 2.00 bits per heavy atom. The quantitative estimate of drug-likeness (QED) is 0.238. The van der Waals surface area contributed by atoms with Crippen LogP contribution in [0.3, 0.4) is 0 Å². The van der Waals surface area contributed by atoms with Crippen LogP contribution in [0.25, 0.3) is 0 Å². The van der Waals surface area contributed by atoms with E-state index in [4.69, 9.17) is 4.43 Å². The molecule has 0 radical (unpaired) electrons. The van der Waals surface area contributed by atoms with Crippen LogP contribution < -0.4 is 4.83 Å². The lowest BCUT2D eigenvalue weighted by atomic mass is 9.45. The van der Waals surface area contributed by atoms with E-state index in [1.165, 1.54) is 0 Å². The predicted molar refractivity (Wildman–Crippen MR) is 170 cm³/mol. The molecule has 1 N–H and O–H groups in total. The van der Waals surface area contributed by atoms with Crippen LogP contribution in [0.4, 0.5) is 4.39 Å². The van der Waals surface area contributed by atoms with Crippen molar-refractivity contribution in [2.75, 3.05) is 0 Å². The zero-order chi connectivity index (χ0) is 30.8. The van der Waals surface area contributed by atoms with Gasteiger partial charge in [-0.3, -0.25) is 0 Å². The minimum atomic E-state index is -3.89. The number of sulfonamides is 1. The highest BCUT2D eigenvalue weighted by Crippen LogP contribution is 2.67. The Balaban J connectivity index is 1.65. The summed E-state index contributed by atoms with van der Waals surface area (Å²) in [6.45, 7) is 25.0. The number of hydrogen-bond donors (Lipinski definition) is 1. The number of benzene rings is 1. The van der Waals surface area contributed by atoms with Crippen molar-refractivity contribution >= 4 is 24.1 Å². The Morgan fingerprint density at radius 2 is 1.46 bits per heavy atom. The van der Waals surface area contributed by atoms with Crippen LogP contribution in [0.15, 0.2) is 45.9 Å². The lowest BCUT2D eigenvalue weighted by Crippen LogP contribution is -2.60. The van der Waals surface area contributed by atoms with Crippen molar-refractivity contribution in [1.82, 2.24) is 4.83 Å². The average Bonchev–Trinajstić information content (AvgIpc) is 3.13. The first-order valence-electron chi connectivity index (χ1n) is 15.5. The van der Waals surface area contributed by atoms with Crippen molar-refractivity contribution < 1.29 is 17.2 Å². The number of nitrogens with zero attached hydrogens (tertiary/aromatic N) is 1. The first-order chi connectivity index (χ1) is 18.8. The Morgan fingerprint density at radius 1 is 0.927 bits per heavy atom. The fraction of sp³-hybridized carbons (Fsp3) is 0.727. The van der Waals surface area contributed by atoms with E-state index in [0.717, 1.165) is 30.4 Å². The summed E-state index contributed by atoms with van der Waals surface area (Å²) < 4.78 is 49.4. The number of halogens is 1. The molecule has 2 fully saturated rings. The van der Waals surface area contributed by atoms with Gasteiger partial charge in [-0.2, -0.15) is 18.4 Å². The molecule has 3 aliphatic rings. The Bertz CT molecular complexity index is 1280. The lowest BCUT2D eigenvalue weighted by molar-refractivity contribution is -0.103. The summed E-state index contributed by atoms with van der Waals surface area (Å²) in [4.78, 5) is 2.44. The third-order valence-corrected chi connectivity index (χ3v) is 18.7. The van der Waals surface area contributed by atoms with Crippen LogP contribution >= 0.6 is 0 Å². The molecule has 0 heterocycles. The van der Waals surface area contributed by atoms with E-state index in [1.54, 1.807) is 24.3 Å². The molecule has 0 unspecified atom stereocenters. The third-order valence-electron chi connectivity index (χ3n) is 11.4. The van der Waals surface area contributed by atoms with E-state index in [-0.39, 0.29) is 27.5 Å². The molecular weight excluding hydrogens is 552 g/mol. The van der Waals surface area contributed by atoms with Gasteiger partial charge in [-0.05, 0) is 84.2 Å². The van der Waals surface area contributed by atoms with Crippen molar-refractivity contribution in [1.29, 1.82) is 0 Å². The van der Waals surface area contributed by atoms with Gasteiger partial charge in [-0.1, -0.05) is 92.5 Å². The maximum Gasteiger partial charge on any atom is 0.276 e. The van der Waals surface area contributed by atoms with Gasteiger partial charge in [0.25, 0.3) is 10.0 Å². The van der Waals surface area contributed by atoms with Crippen molar-refractivity contribution in [3.8, 4) is 0 Å². The molecule has 5 nitrogen and oxygen atoms in total. The highest BCUT2D eigenvalue weighted by molar-refractivity contribution is 7.89. The lowest BCUT2D eigenvalue weighted by Gasteiger charge is -2.62. The number of allylic oxidation sites excluding steroid dienone is 2. The van der Waals surface area contributed by atoms with Crippen LogP contribution in [0, 0.1) is 29.1 Å². The number of rotatable bonds is 8. The van der Waals surface area contributed by atoms with Gasteiger partial charge >= 0.3 is 0 Å². The van der Waals surface area contributed by atoms with Gasteiger partial charge in [0.2, 0.25) is 8.32 Å². The summed E-state index contributed by atoms with van der Waals surface area (Å²) in [5, 5.41) is 4.18. The third kappa shape index (κ3) is 5.18. The molecule has 5 atom stereocenters. The Kier molecular flexibility index (Phi) is 8.60. The minimum Gasteiger partial charge on any atom is -0.413 e. The highest BCUT2D eigenvalue weighted by Gasteiger charge is 2.63. The Labute approximate surface area is 250 Å². The second-order valence-electron chi connectivity index (χ2n) is 15.1. The monoisotopic (exact) mass is 604 g/mol. The van der Waals surface area contributed by atoms with Gasteiger partial charge in [-0.25, -0.2) is 4.39 Å². The molecule has 8 heteroatoms. The van der Waals surface area contributed by atoms with Gasteiger partial charge < -0.3 is 4.43 Å². The number of aryl methyl sites for hydroxylation is 1. The number of hydrazone groups is 1. The van der Waals surface area contributed by atoms with Gasteiger partial charge in [-0.15, -0.1) is 0 Å². The molecule has 0 amide bonds. The van der Waals surface area contributed by atoms with Crippen molar-refractivity contribution in [3.63, 3.8) is 0 Å². The van der Waals surface area contributed by atoms with E-state index in [0.29, 0.717) is 29.0 Å². The van der Waals surface area contributed by atoms with E-state index >= 15 is 4.39 Å². The molecule has 1 aromatic rings. The minimum absolute atomic E-state index is 0.0785. The van der Waals surface area contributed by atoms with Gasteiger partial charge in [0.1, 0.15) is 0 Å². The van der Waals surface area contributed by atoms with Crippen LogP contribution in [0.1, 0.15) is 100 Å². The van der Waals surface area contributed by atoms with Gasteiger partial charge in [0, 0.05) is 5.41 Å². The first kappa shape index (κ1) is 32.4. The summed E-state index contributed by atoms with van der Waals surface area (Å²) in [6, 6.07) is 6.57. The maximum atomic E-state index is 16.2. The van der Waals surface area contributed by atoms with Crippen LogP contribution in [0.2, 0.25) is 16.6 Å². The molecule has 3 aliphatic carbocycles. The fourth-order valence-electron chi connectivity index (χ4n) is 9.24. The first-order valence-corrected chi connectivity index (χ1v) is 19.2. The van der Waals surface area contributed by atoms with Crippen molar-refractivity contribution in [3.05, 3.63) is 41.5 Å². The molecule has 2 saturated carbocycles. The topological polar surface area (TPSA) is 67.8 Å². The molecule has 4 rings (SSSR count). The second-order valence-corrected chi connectivity index (χ2v) is 22.1. The fourth-order valence-corrected chi connectivity index (χ4v) is 15.8. The zero-order valence-electron chi connectivity index (χ0n) is 27.1. The number of alkyl halides is 1. The van der Waals surface area contributed by atoms with Crippen LogP contribution in [0.5, 0.6) is 0 Å². The van der Waals surface area contributed by atoms with Crippen LogP contribution in [-0.4, -0.2) is 34.7 Å².